The molecule has 0 atom stereocenters. The molecule has 3 rings (SSSR count). The summed E-state index contributed by atoms with van der Waals surface area (Å²) in [5.74, 6) is -0.416. The minimum absolute atomic E-state index is 0.116. The molecule has 0 saturated carbocycles. The first-order valence-corrected chi connectivity index (χ1v) is 10.0. The van der Waals surface area contributed by atoms with Crippen LogP contribution in [0.2, 0.25) is 0 Å². The van der Waals surface area contributed by atoms with Gasteiger partial charge in [-0.05, 0) is 38.3 Å². The molecule has 0 amide bonds. The molecule has 1 aliphatic heterocycles. The van der Waals surface area contributed by atoms with Crippen molar-refractivity contribution >= 4 is 21.4 Å². The standard InChI is InChI=1S/C17H23FN4O2S/c1-3-8-22-12-17(13(2)19-22)25(23,24)20-14-6-7-16(15(18)11-14)21-9-4-5-10-21/h6-7,11-12,20H,3-5,8-10H2,1-2H3. The van der Waals surface area contributed by atoms with E-state index >= 15 is 0 Å². The summed E-state index contributed by atoms with van der Waals surface area (Å²) in [5, 5.41) is 4.21. The number of aryl methyl sites for hydroxylation is 2. The lowest BCUT2D eigenvalue weighted by atomic mass is 10.2. The largest absolute Gasteiger partial charge is 0.369 e. The van der Waals surface area contributed by atoms with Gasteiger partial charge < -0.3 is 4.90 Å². The van der Waals surface area contributed by atoms with Crippen LogP contribution in [0, 0.1) is 12.7 Å². The van der Waals surface area contributed by atoms with E-state index < -0.39 is 15.8 Å². The van der Waals surface area contributed by atoms with E-state index in [1.54, 1.807) is 23.7 Å². The van der Waals surface area contributed by atoms with Gasteiger partial charge in [0.25, 0.3) is 10.0 Å². The number of nitrogens with zero attached hydrogens (tertiary/aromatic N) is 3. The number of halogens is 1. The number of hydrogen-bond donors (Lipinski definition) is 1. The molecule has 1 aliphatic rings. The molecule has 1 N–H and O–H groups in total. The van der Waals surface area contributed by atoms with E-state index in [-0.39, 0.29) is 10.6 Å². The Balaban J connectivity index is 1.82. The third kappa shape index (κ3) is 3.78. The molecule has 0 unspecified atom stereocenters. The molecule has 0 spiro atoms. The highest BCUT2D eigenvalue weighted by atomic mass is 32.2. The lowest BCUT2D eigenvalue weighted by Gasteiger charge is -2.19. The summed E-state index contributed by atoms with van der Waals surface area (Å²) in [6, 6.07) is 4.46. The van der Waals surface area contributed by atoms with Gasteiger partial charge >= 0.3 is 0 Å². The number of benzene rings is 1. The van der Waals surface area contributed by atoms with Crippen molar-refractivity contribution in [2.75, 3.05) is 22.7 Å². The molecule has 25 heavy (non-hydrogen) atoms. The molecule has 8 heteroatoms. The van der Waals surface area contributed by atoms with E-state index in [0.29, 0.717) is 17.9 Å². The molecule has 1 fully saturated rings. The summed E-state index contributed by atoms with van der Waals surface area (Å²) in [6.07, 6.45) is 4.47. The van der Waals surface area contributed by atoms with Gasteiger partial charge in [-0.25, -0.2) is 12.8 Å². The Kier molecular flexibility index (Phi) is 4.99. The minimum atomic E-state index is -3.80. The molecule has 1 aromatic carbocycles. The van der Waals surface area contributed by atoms with Crippen LogP contribution in [-0.2, 0) is 16.6 Å². The van der Waals surface area contributed by atoms with Crippen LogP contribution in [-0.4, -0.2) is 31.3 Å². The van der Waals surface area contributed by atoms with Gasteiger partial charge in [0.05, 0.1) is 17.1 Å². The van der Waals surface area contributed by atoms with Crippen molar-refractivity contribution in [3.05, 3.63) is 35.9 Å². The zero-order valence-corrected chi connectivity index (χ0v) is 15.3. The Hall–Kier alpha value is -2.09. The van der Waals surface area contributed by atoms with Gasteiger partial charge in [-0.15, -0.1) is 0 Å². The van der Waals surface area contributed by atoms with Crippen LogP contribution in [0.1, 0.15) is 31.9 Å². The van der Waals surface area contributed by atoms with Crippen molar-refractivity contribution in [3.63, 3.8) is 0 Å². The lowest BCUT2D eigenvalue weighted by molar-refractivity contribution is 0.594. The second-order valence-electron chi connectivity index (χ2n) is 6.31. The maximum atomic E-state index is 14.4. The Morgan fingerprint density at radius 1 is 1.28 bits per heavy atom. The van der Waals surface area contributed by atoms with Crippen LogP contribution in [0.15, 0.2) is 29.3 Å². The number of aromatic nitrogens is 2. The third-order valence-corrected chi connectivity index (χ3v) is 5.77. The molecular formula is C17H23FN4O2S. The molecule has 1 saturated heterocycles. The maximum Gasteiger partial charge on any atom is 0.265 e. The Labute approximate surface area is 147 Å². The molecule has 2 heterocycles. The van der Waals surface area contributed by atoms with Crippen molar-refractivity contribution < 1.29 is 12.8 Å². The van der Waals surface area contributed by atoms with Crippen LogP contribution >= 0.6 is 0 Å². The van der Waals surface area contributed by atoms with Crippen molar-refractivity contribution in [2.45, 2.75) is 44.6 Å². The maximum absolute atomic E-state index is 14.4. The summed E-state index contributed by atoms with van der Waals surface area (Å²) in [5.41, 5.74) is 1.16. The summed E-state index contributed by atoms with van der Waals surface area (Å²) in [4.78, 5) is 2.09. The summed E-state index contributed by atoms with van der Waals surface area (Å²) in [7, 11) is -3.80. The molecular weight excluding hydrogens is 343 g/mol. The van der Waals surface area contributed by atoms with Gasteiger partial charge in [0.2, 0.25) is 0 Å². The monoisotopic (exact) mass is 366 g/mol. The van der Waals surface area contributed by atoms with E-state index in [4.69, 9.17) is 0 Å². The van der Waals surface area contributed by atoms with E-state index in [9.17, 15) is 12.8 Å². The van der Waals surface area contributed by atoms with Gasteiger partial charge in [-0.1, -0.05) is 6.92 Å². The molecule has 0 radical (unpaired) electrons. The highest BCUT2D eigenvalue weighted by Gasteiger charge is 2.22. The topological polar surface area (TPSA) is 67.2 Å². The van der Waals surface area contributed by atoms with Gasteiger partial charge in [-0.2, -0.15) is 5.10 Å². The van der Waals surface area contributed by atoms with Gasteiger partial charge in [0.15, 0.2) is 0 Å². The predicted octanol–water partition coefficient (Wildman–Crippen LogP) is 3.14. The third-order valence-electron chi connectivity index (χ3n) is 4.29. The SMILES string of the molecule is CCCn1cc(S(=O)(=O)Nc2ccc(N3CCCC3)c(F)c2)c(C)n1. The highest BCUT2D eigenvalue weighted by Crippen LogP contribution is 2.27. The van der Waals surface area contributed by atoms with Gasteiger partial charge in [0, 0.05) is 31.9 Å². The normalized spacial score (nSPS) is 14.9. The fourth-order valence-electron chi connectivity index (χ4n) is 3.10. The highest BCUT2D eigenvalue weighted by molar-refractivity contribution is 7.92. The fraction of sp³-hybridized carbons (Fsp3) is 0.471. The molecule has 2 aromatic rings. The molecule has 1 aromatic heterocycles. The number of hydrogen-bond acceptors (Lipinski definition) is 4. The molecule has 6 nitrogen and oxygen atoms in total. The smallest absolute Gasteiger partial charge is 0.265 e. The molecule has 0 bridgehead atoms. The number of anilines is 2. The van der Waals surface area contributed by atoms with Crippen LogP contribution in [0.5, 0.6) is 0 Å². The first kappa shape index (κ1) is 17.7. The van der Waals surface area contributed by atoms with Crippen molar-refractivity contribution in [1.82, 2.24) is 9.78 Å². The molecule has 136 valence electrons. The average Bonchev–Trinajstić information content (AvgIpc) is 3.17. The first-order chi connectivity index (χ1) is 11.9. The summed E-state index contributed by atoms with van der Waals surface area (Å²) >= 11 is 0. The average molecular weight is 366 g/mol. The number of sulfonamides is 1. The predicted molar refractivity (Wildman–Crippen MR) is 95.9 cm³/mol. The minimum Gasteiger partial charge on any atom is -0.369 e. The zero-order valence-electron chi connectivity index (χ0n) is 14.5. The Morgan fingerprint density at radius 2 is 2.00 bits per heavy atom. The number of nitrogens with one attached hydrogen (secondary N) is 1. The van der Waals surface area contributed by atoms with Crippen LogP contribution in [0.3, 0.4) is 0 Å². The van der Waals surface area contributed by atoms with E-state index in [0.717, 1.165) is 32.4 Å². The number of rotatable bonds is 6. The van der Waals surface area contributed by atoms with Crippen molar-refractivity contribution in [3.8, 4) is 0 Å². The summed E-state index contributed by atoms with van der Waals surface area (Å²) < 4.78 is 43.6. The lowest BCUT2D eigenvalue weighted by Crippen LogP contribution is -2.19. The van der Waals surface area contributed by atoms with E-state index in [1.807, 2.05) is 11.8 Å². The Morgan fingerprint density at radius 3 is 2.64 bits per heavy atom. The fourth-order valence-corrected chi connectivity index (χ4v) is 4.34. The van der Waals surface area contributed by atoms with E-state index in [1.165, 1.54) is 12.3 Å². The zero-order chi connectivity index (χ0) is 18.0. The van der Waals surface area contributed by atoms with Crippen molar-refractivity contribution in [2.24, 2.45) is 0 Å². The second-order valence-corrected chi connectivity index (χ2v) is 7.96. The van der Waals surface area contributed by atoms with Crippen molar-refractivity contribution in [1.29, 1.82) is 0 Å². The van der Waals surface area contributed by atoms with Crippen LogP contribution < -0.4 is 9.62 Å². The van der Waals surface area contributed by atoms with Crippen LogP contribution in [0.25, 0.3) is 0 Å². The van der Waals surface area contributed by atoms with E-state index in [2.05, 4.69) is 9.82 Å². The second kappa shape index (κ2) is 7.03. The summed E-state index contributed by atoms with van der Waals surface area (Å²) in [6.45, 7) is 5.96. The quantitative estimate of drug-likeness (QED) is 0.853. The first-order valence-electron chi connectivity index (χ1n) is 8.52. The Bertz CT molecular complexity index is 858. The van der Waals surface area contributed by atoms with Gasteiger partial charge in [0.1, 0.15) is 10.7 Å². The van der Waals surface area contributed by atoms with Crippen LogP contribution in [0.4, 0.5) is 15.8 Å². The van der Waals surface area contributed by atoms with Gasteiger partial charge in [-0.3, -0.25) is 9.40 Å². The molecule has 0 aliphatic carbocycles.